The maximum absolute atomic E-state index is 5.79. The average molecular weight is 172 g/mol. The Kier molecular flexibility index (Phi) is 3.98. The average Bonchev–Trinajstić information content (AvgIpc) is 2.36. The summed E-state index contributed by atoms with van der Waals surface area (Å²) in [7, 11) is 0. The van der Waals surface area contributed by atoms with Crippen molar-refractivity contribution in [3.05, 3.63) is 0 Å². The van der Waals surface area contributed by atoms with Gasteiger partial charge < -0.3 is 10.5 Å². The molecule has 3 nitrogen and oxygen atoms in total. The number of ether oxygens (including phenoxy) is 1. The van der Waals surface area contributed by atoms with E-state index in [0.717, 1.165) is 32.7 Å². The fourth-order valence-corrected chi connectivity index (χ4v) is 1.73. The lowest BCUT2D eigenvalue weighted by molar-refractivity contribution is 0.0512. The summed E-state index contributed by atoms with van der Waals surface area (Å²) in [6.45, 7) is 8.16. The van der Waals surface area contributed by atoms with E-state index >= 15 is 0 Å². The van der Waals surface area contributed by atoms with Crippen LogP contribution in [0, 0.1) is 0 Å². The Balaban J connectivity index is 2.14. The maximum Gasteiger partial charge on any atom is 0.0673 e. The summed E-state index contributed by atoms with van der Waals surface area (Å²) >= 11 is 0. The lowest BCUT2D eigenvalue weighted by Gasteiger charge is -2.20. The molecule has 1 rings (SSSR count). The van der Waals surface area contributed by atoms with Crippen LogP contribution in [0.3, 0.4) is 0 Å². The number of rotatable bonds is 4. The van der Waals surface area contributed by atoms with Gasteiger partial charge in [0.25, 0.3) is 0 Å². The van der Waals surface area contributed by atoms with E-state index in [-0.39, 0.29) is 0 Å². The van der Waals surface area contributed by atoms with Crippen LogP contribution in [0.25, 0.3) is 0 Å². The van der Waals surface area contributed by atoms with Crippen LogP contribution >= 0.6 is 0 Å². The lowest BCUT2D eigenvalue weighted by atomic mass is 10.3. The number of likely N-dealkylation sites (tertiary alicyclic amines) is 1. The van der Waals surface area contributed by atoms with E-state index in [0.29, 0.717) is 12.1 Å². The molecule has 72 valence electrons. The van der Waals surface area contributed by atoms with Gasteiger partial charge in [0.05, 0.1) is 6.10 Å². The molecular formula is C9H20N2O. The second-order valence-corrected chi connectivity index (χ2v) is 3.57. The third-order valence-electron chi connectivity index (χ3n) is 2.28. The van der Waals surface area contributed by atoms with Gasteiger partial charge in [0.15, 0.2) is 0 Å². The summed E-state index contributed by atoms with van der Waals surface area (Å²) in [5.41, 5.74) is 5.79. The lowest BCUT2D eigenvalue weighted by Crippen LogP contribution is -2.33. The van der Waals surface area contributed by atoms with Gasteiger partial charge in [0.2, 0.25) is 0 Å². The van der Waals surface area contributed by atoms with Crippen LogP contribution in [0.4, 0.5) is 0 Å². The molecule has 1 aliphatic rings. The Hall–Kier alpha value is -0.120. The molecular weight excluding hydrogens is 152 g/mol. The number of hydrogen-bond donors (Lipinski definition) is 1. The van der Waals surface area contributed by atoms with Crippen LogP contribution in [0.1, 0.15) is 20.3 Å². The summed E-state index contributed by atoms with van der Waals surface area (Å²) < 4.78 is 5.46. The van der Waals surface area contributed by atoms with E-state index < -0.39 is 0 Å². The van der Waals surface area contributed by atoms with Crippen LogP contribution in [0.2, 0.25) is 0 Å². The molecule has 0 saturated carbocycles. The fourth-order valence-electron chi connectivity index (χ4n) is 1.73. The van der Waals surface area contributed by atoms with Crippen molar-refractivity contribution < 1.29 is 4.74 Å². The van der Waals surface area contributed by atoms with E-state index in [1.807, 2.05) is 6.92 Å². The van der Waals surface area contributed by atoms with E-state index in [9.17, 15) is 0 Å². The quantitative estimate of drug-likeness (QED) is 0.669. The second kappa shape index (κ2) is 4.80. The summed E-state index contributed by atoms with van der Waals surface area (Å²) in [6.07, 6.45) is 1.49. The van der Waals surface area contributed by atoms with Gasteiger partial charge in [-0.1, -0.05) is 0 Å². The SMILES string of the molecule is CCOC(C)CN1CCC(N)C1. The number of nitrogens with zero attached hydrogens (tertiary/aromatic N) is 1. The largest absolute Gasteiger partial charge is 0.377 e. The van der Waals surface area contributed by atoms with Gasteiger partial charge in [-0.15, -0.1) is 0 Å². The molecule has 1 saturated heterocycles. The molecule has 0 aromatic rings. The van der Waals surface area contributed by atoms with Crippen LogP contribution in [-0.2, 0) is 4.74 Å². The van der Waals surface area contributed by atoms with Crippen molar-refractivity contribution in [1.82, 2.24) is 4.90 Å². The Bertz CT molecular complexity index is 130. The van der Waals surface area contributed by atoms with Crippen LogP contribution < -0.4 is 5.73 Å². The molecule has 0 bridgehead atoms. The molecule has 0 aliphatic carbocycles. The van der Waals surface area contributed by atoms with Gasteiger partial charge in [-0.3, -0.25) is 4.90 Å². The highest BCUT2D eigenvalue weighted by molar-refractivity contribution is 4.78. The highest BCUT2D eigenvalue weighted by atomic mass is 16.5. The standard InChI is InChI=1S/C9H20N2O/c1-3-12-8(2)6-11-5-4-9(10)7-11/h8-9H,3-7,10H2,1-2H3. The third-order valence-corrected chi connectivity index (χ3v) is 2.28. The molecule has 2 N–H and O–H groups in total. The summed E-state index contributed by atoms with van der Waals surface area (Å²) in [4.78, 5) is 2.38. The summed E-state index contributed by atoms with van der Waals surface area (Å²) in [5.74, 6) is 0. The van der Waals surface area contributed by atoms with Crippen LogP contribution in [-0.4, -0.2) is 43.3 Å². The van der Waals surface area contributed by atoms with Gasteiger partial charge >= 0.3 is 0 Å². The van der Waals surface area contributed by atoms with Crippen molar-refractivity contribution in [2.45, 2.75) is 32.4 Å². The second-order valence-electron chi connectivity index (χ2n) is 3.57. The Labute approximate surface area is 74.9 Å². The van der Waals surface area contributed by atoms with E-state index in [1.165, 1.54) is 0 Å². The van der Waals surface area contributed by atoms with Crippen molar-refractivity contribution in [3.63, 3.8) is 0 Å². The van der Waals surface area contributed by atoms with Gasteiger partial charge in [-0.2, -0.15) is 0 Å². The van der Waals surface area contributed by atoms with Crippen molar-refractivity contribution in [2.24, 2.45) is 5.73 Å². The molecule has 12 heavy (non-hydrogen) atoms. The van der Waals surface area contributed by atoms with Crippen molar-refractivity contribution in [1.29, 1.82) is 0 Å². The van der Waals surface area contributed by atoms with Crippen molar-refractivity contribution in [2.75, 3.05) is 26.2 Å². The van der Waals surface area contributed by atoms with E-state index in [4.69, 9.17) is 10.5 Å². The zero-order chi connectivity index (χ0) is 8.97. The Morgan fingerprint density at radius 3 is 2.92 bits per heavy atom. The fraction of sp³-hybridized carbons (Fsp3) is 1.00. The molecule has 1 aliphatic heterocycles. The van der Waals surface area contributed by atoms with Gasteiger partial charge in [0.1, 0.15) is 0 Å². The highest BCUT2D eigenvalue weighted by Gasteiger charge is 2.20. The topological polar surface area (TPSA) is 38.5 Å². The first-order valence-corrected chi connectivity index (χ1v) is 4.82. The van der Waals surface area contributed by atoms with Crippen LogP contribution in [0.5, 0.6) is 0 Å². The predicted octanol–water partition coefficient (Wildman–Crippen LogP) is 0.444. The monoisotopic (exact) mass is 172 g/mol. The smallest absolute Gasteiger partial charge is 0.0673 e. The molecule has 1 heterocycles. The number of nitrogens with two attached hydrogens (primary N) is 1. The normalized spacial score (nSPS) is 27.8. The highest BCUT2D eigenvalue weighted by Crippen LogP contribution is 2.08. The Morgan fingerprint density at radius 2 is 2.42 bits per heavy atom. The van der Waals surface area contributed by atoms with E-state index in [1.54, 1.807) is 0 Å². The summed E-state index contributed by atoms with van der Waals surface area (Å²) in [6, 6.07) is 0.388. The van der Waals surface area contributed by atoms with Gasteiger partial charge in [-0.25, -0.2) is 0 Å². The minimum atomic E-state index is 0.347. The summed E-state index contributed by atoms with van der Waals surface area (Å²) in [5, 5.41) is 0. The third kappa shape index (κ3) is 3.09. The zero-order valence-electron chi connectivity index (χ0n) is 8.12. The van der Waals surface area contributed by atoms with Crippen molar-refractivity contribution >= 4 is 0 Å². The molecule has 0 amide bonds. The van der Waals surface area contributed by atoms with E-state index in [2.05, 4.69) is 11.8 Å². The zero-order valence-corrected chi connectivity index (χ0v) is 8.12. The molecule has 2 atom stereocenters. The maximum atomic E-state index is 5.79. The number of hydrogen-bond acceptors (Lipinski definition) is 3. The molecule has 2 unspecified atom stereocenters. The first-order chi connectivity index (χ1) is 5.72. The molecule has 0 aromatic heterocycles. The Morgan fingerprint density at radius 1 is 1.67 bits per heavy atom. The first-order valence-electron chi connectivity index (χ1n) is 4.82. The molecule has 0 aromatic carbocycles. The van der Waals surface area contributed by atoms with Crippen molar-refractivity contribution in [3.8, 4) is 0 Å². The minimum absolute atomic E-state index is 0.347. The van der Waals surface area contributed by atoms with Gasteiger partial charge in [0, 0.05) is 25.7 Å². The minimum Gasteiger partial charge on any atom is -0.377 e. The van der Waals surface area contributed by atoms with Gasteiger partial charge in [-0.05, 0) is 26.8 Å². The molecule has 0 spiro atoms. The first kappa shape index (κ1) is 9.96. The molecule has 1 fully saturated rings. The molecule has 3 heteroatoms. The predicted molar refractivity (Wildman–Crippen MR) is 50.1 cm³/mol. The van der Waals surface area contributed by atoms with Crippen LogP contribution in [0.15, 0.2) is 0 Å². The molecule has 0 radical (unpaired) electrons.